The first-order chi connectivity index (χ1) is 5.90. The van der Waals surface area contributed by atoms with E-state index < -0.39 is 0 Å². The summed E-state index contributed by atoms with van der Waals surface area (Å²) < 4.78 is 1.73. The molecule has 0 aliphatic rings. The van der Waals surface area contributed by atoms with E-state index in [1.54, 1.807) is 4.68 Å². The van der Waals surface area contributed by atoms with E-state index in [1.165, 1.54) is 0 Å². The lowest BCUT2D eigenvalue weighted by atomic mass is 10.3. The maximum absolute atomic E-state index is 8.68. The fraction of sp³-hybridized carbons (Fsp3) is 0.222. The summed E-state index contributed by atoms with van der Waals surface area (Å²) in [6.07, 6.45) is 1.90. The van der Waals surface area contributed by atoms with Gasteiger partial charge in [-0.3, -0.25) is 4.68 Å². The number of hydrogen-bond donors (Lipinski definition) is 1. The SMILES string of the molecule is OCCn1cc2c[c]ccc2n1. The van der Waals surface area contributed by atoms with Crippen LogP contribution in [0.4, 0.5) is 0 Å². The average Bonchev–Trinajstić information content (AvgIpc) is 2.47. The zero-order chi connectivity index (χ0) is 8.39. The van der Waals surface area contributed by atoms with Crippen LogP contribution in [0.1, 0.15) is 0 Å². The van der Waals surface area contributed by atoms with E-state index in [1.807, 2.05) is 24.4 Å². The molecule has 12 heavy (non-hydrogen) atoms. The van der Waals surface area contributed by atoms with Crippen molar-refractivity contribution in [3.8, 4) is 0 Å². The summed E-state index contributed by atoms with van der Waals surface area (Å²) in [6.45, 7) is 0.673. The molecule has 3 heteroatoms. The Bertz CT molecular complexity index is 348. The number of rotatable bonds is 2. The molecule has 0 aliphatic carbocycles. The minimum absolute atomic E-state index is 0.123. The first-order valence-corrected chi connectivity index (χ1v) is 3.84. The Hall–Kier alpha value is -1.35. The van der Waals surface area contributed by atoms with Crippen LogP contribution in [-0.4, -0.2) is 21.5 Å². The quantitative estimate of drug-likeness (QED) is 0.708. The normalized spacial score (nSPS) is 10.8. The molecule has 0 saturated heterocycles. The molecule has 61 valence electrons. The molecule has 1 N–H and O–H groups in total. The van der Waals surface area contributed by atoms with Gasteiger partial charge in [0.25, 0.3) is 0 Å². The summed E-state index contributed by atoms with van der Waals surface area (Å²) in [5.74, 6) is 0. The summed E-state index contributed by atoms with van der Waals surface area (Å²) in [6, 6.07) is 8.60. The van der Waals surface area contributed by atoms with Gasteiger partial charge in [0.05, 0.1) is 18.7 Å². The minimum Gasteiger partial charge on any atom is -0.394 e. The molecular weight excluding hydrogens is 152 g/mol. The molecule has 1 aromatic carbocycles. The van der Waals surface area contributed by atoms with Crippen molar-refractivity contribution in [1.29, 1.82) is 0 Å². The van der Waals surface area contributed by atoms with E-state index in [2.05, 4.69) is 11.2 Å². The van der Waals surface area contributed by atoms with Crippen LogP contribution in [0.2, 0.25) is 0 Å². The van der Waals surface area contributed by atoms with E-state index in [4.69, 9.17) is 5.11 Å². The highest BCUT2D eigenvalue weighted by Gasteiger charge is 1.97. The van der Waals surface area contributed by atoms with Gasteiger partial charge in [0.1, 0.15) is 0 Å². The summed E-state index contributed by atoms with van der Waals surface area (Å²) >= 11 is 0. The van der Waals surface area contributed by atoms with Crippen molar-refractivity contribution in [3.63, 3.8) is 0 Å². The molecule has 0 unspecified atom stereocenters. The third-order valence-electron chi connectivity index (χ3n) is 1.73. The molecule has 0 atom stereocenters. The van der Waals surface area contributed by atoms with Crippen molar-refractivity contribution in [1.82, 2.24) is 9.78 Å². The first-order valence-electron chi connectivity index (χ1n) is 3.84. The lowest BCUT2D eigenvalue weighted by Crippen LogP contribution is -2.01. The molecule has 1 heterocycles. The Labute approximate surface area is 70.2 Å². The van der Waals surface area contributed by atoms with Gasteiger partial charge in [0, 0.05) is 11.6 Å². The number of fused-ring (bicyclic) bond motifs is 1. The van der Waals surface area contributed by atoms with Gasteiger partial charge in [-0.1, -0.05) is 6.07 Å². The molecule has 0 bridgehead atoms. The van der Waals surface area contributed by atoms with Crippen molar-refractivity contribution in [3.05, 3.63) is 30.5 Å². The monoisotopic (exact) mass is 161 g/mol. The van der Waals surface area contributed by atoms with Crippen LogP contribution >= 0.6 is 0 Å². The summed E-state index contributed by atoms with van der Waals surface area (Å²) in [4.78, 5) is 0. The number of hydrogen-bond acceptors (Lipinski definition) is 2. The highest BCUT2D eigenvalue weighted by Crippen LogP contribution is 2.09. The largest absolute Gasteiger partial charge is 0.394 e. The molecule has 2 rings (SSSR count). The van der Waals surface area contributed by atoms with Crippen LogP contribution in [0.15, 0.2) is 24.4 Å². The summed E-state index contributed by atoms with van der Waals surface area (Å²) in [7, 11) is 0. The van der Waals surface area contributed by atoms with E-state index in [9.17, 15) is 0 Å². The maximum Gasteiger partial charge on any atom is 0.0923 e. The van der Waals surface area contributed by atoms with E-state index in [-0.39, 0.29) is 6.61 Å². The highest BCUT2D eigenvalue weighted by atomic mass is 16.3. The number of aliphatic hydroxyl groups excluding tert-OH is 1. The number of benzene rings is 1. The molecule has 0 spiro atoms. The zero-order valence-electron chi connectivity index (χ0n) is 6.57. The molecule has 0 saturated carbocycles. The van der Waals surface area contributed by atoms with Gasteiger partial charge in [-0.05, 0) is 18.2 Å². The predicted molar refractivity (Wildman–Crippen MR) is 45.7 cm³/mol. The highest BCUT2D eigenvalue weighted by molar-refractivity contribution is 5.77. The number of aliphatic hydroxyl groups is 1. The van der Waals surface area contributed by atoms with Crippen LogP contribution in [0.3, 0.4) is 0 Å². The van der Waals surface area contributed by atoms with Gasteiger partial charge in [-0.15, -0.1) is 0 Å². The minimum atomic E-state index is 0.123. The van der Waals surface area contributed by atoms with Gasteiger partial charge < -0.3 is 5.11 Å². The third kappa shape index (κ3) is 1.19. The molecule has 1 radical (unpaired) electrons. The Balaban J connectivity index is 2.47. The summed E-state index contributed by atoms with van der Waals surface area (Å²) in [5.41, 5.74) is 0.946. The fourth-order valence-electron chi connectivity index (χ4n) is 1.17. The zero-order valence-corrected chi connectivity index (χ0v) is 6.57. The van der Waals surface area contributed by atoms with Gasteiger partial charge in [-0.2, -0.15) is 5.10 Å². The Morgan fingerprint density at radius 2 is 2.50 bits per heavy atom. The van der Waals surface area contributed by atoms with E-state index in [0.29, 0.717) is 6.54 Å². The van der Waals surface area contributed by atoms with Gasteiger partial charge >= 0.3 is 0 Å². The Kier molecular flexibility index (Phi) is 1.80. The van der Waals surface area contributed by atoms with Gasteiger partial charge in [0.15, 0.2) is 0 Å². The number of aromatic nitrogens is 2. The second-order valence-corrected chi connectivity index (χ2v) is 2.60. The second-order valence-electron chi connectivity index (χ2n) is 2.60. The summed E-state index contributed by atoms with van der Waals surface area (Å²) in [5, 5.41) is 14.0. The first kappa shape index (κ1) is 7.31. The van der Waals surface area contributed by atoms with Crippen LogP contribution in [0, 0.1) is 6.07 Å². The molecule has 3 nitrogen and oxygen atoms in total. The molecule has 1 aromatic heterocycles. The van der Waals surface area contributed by atoms with Crippen molar-refractivity contribution in [2.24, 2.45) is 0 Å². The fourth-order valence-corrected chi connectivity index (χ4v) is 1.17. The third-order valence-corrected chi connectivity index (χ3v) is 1.73. The van der Waals surface area contributed by atoms with Crippen LogP contribution in [0.25, 0.3) is 10.9 Å². The van der Waals surface area contributed by atoms with Gasteiger partial charge in [0.2, 0.25) is 0 Å². The molecule has 0 fully saturated rings. The van der Waals surface area contributed by atoms with E-state index >= 15 is 0 Å². The smallest absolute Gasteiger partial charge is 0.0923 e. The molecule has 2 aromatic rings. The molecular formula is C9H9N2O. The maximum atomic E-state index is 8.68. The van der Waals surface area contributed by atoms with Crippen molar-refractivity contribution >= 4 is 10.9 Å². The van der Waals surface area contributed by atoms with E-state index in [0.717, 1.165) is 10.9 Å². The Morgan fingerprint density at radius 3 is 3.25 bits per heavy atom. The predicted octanol–water partition coefficient (Wildman–Crippen LogP) is 0.829. The van der Waals surface area contributed by atoms with Crippen molar-refractivity contribution < 1.29 is 5.11 Å². The van der Waals surface area contributed by atoms with Crippen LogP contribution < -0.4 is 0 Å². The Morgan fingerprint density at radius 1 is 1.58 bits per heavy atom. The lowest BCUT2D eigenvalue weighted by Gasteiger charge is -1.92. The topological polar surface area (TPSA) is 38.0 Å². The van der Waals surface area contributed by atoms with Crippen molar-refractivity contribution in [2.45, 2.75) is 6.54 Å². The number of nitrogens with zero attached hydrogens (tertiary/aromatic N) is 2. The second kappa shape index (κ2) is 2.95. The van der Waals surface area contributed by atoms with Gasteiger partial charge in [-0.25, -0.2) is 0 Å². The van der Waals surface area contributed by atoms with Crippen molar-refractivity contribution in [2.75, 3.05) is 6.61 Å². The standard InChI is InChI=1S/C9H9N2O/c12-6-5-11-7-8-3-1-2-4-9(8)10-11/h2-4,7,12H,5-6H2. The lowest BCUT2D eigenvalue weighted by molar-refractivity contribution is 0.270. The van der Waals surface area contributed by atoms with Crippen LogP contribution in [0.5, 0.6) is 0 Å². The average molecular weight is 161 g/mol. The molecule has 0 aliphatic heterocycles. The van der Waals surface area contributed by atoms with Crippen LogP contribution in [-0.2, 0) is 6.54 Å². The molecule has 0 amide bonds.